The fraction of sp³-hybridized carbons (Fsp3) is 0.700. The van der Waals surface area contributed by atoms with Crippen molar-refractivity contribution in [2.75, 3.05) is 19.6 Å². The second-order valence-electron chi connectivity index (χ2n) is 8.62. The number of β-amino-alcohol motifs (C(OH)–C–C–N with tert-alkyl or cyclic N) is 1. The molecular weight excluding hydrogens is 329 g/mol. The molecule has 0 spiro atoms. The number of likely N-dealkylation sites (tertiary alicyclic amines) is 1. The fourth-order valence-corrected chi connectivity index (χ4v) is 3.46. The first-order chi connectivity index (χ1) is 12.2. The van der Waals surface area contributed by atoms with E-state index in [4.69, 9.17) is 14.0 Å². The minimum atomic E-state index is -0.335. The van der Waals surface area contributed by atoms with Crippen LogP contribution in [0.3, 0.4) is 0 Å². The van der Waals surface area contributed by atoms with Gasteiger partial charge in [-0.05, 0) is 65.1 Å². The van der Waals surface area contributed by atoms with Crippen LogP contribution in [0.5, 0.6) is 5.75 Å². The van der Waals surface area contributed by atoms with Crippen LogP contribution >= 0.6 is 0 Å². The predicted octanol–water partition coefficient (Wildman–Crippen LogP) is 2.21. The van der Waals surface area contributed by atoms with Gasteiger partial charge in [-0.2, -0.15) is 0 Å². The largest absolute Gasteiger partial charge is 0.494 e. The monoisotopic (exact) mass is 361 g/mol. The van der Waals surface area contributed by atoms with Gasteiger partial charge in [0.15, 0.2) is 0 Å². The summed E-state index contributed by atoms with van der Waals surface area (Å²) in [7, 11) is -0.335. The molecule has 1 atom stereocenters. The second-order valence-corrected chi connectivity index (χ2v) is 8.62. The molecule has 0 bridgehead atoms. The van der Waals surface area contributed by atoms with Crippen LogP contribution in [0.4, 0.5) is 0 Å². The first-order valence-electron chi connectivity index (χ1n) is 9.69. The molecule has 6 heteroatoms. The summed E-state index contributed by atoms with van der Waals surface area (Å²) in [6.45, 7) is 12.8. The molecule has 2 heterocycles. The van der Waals surface area contributed by atoms with Gasteiger partial charge >= 0.3 is 7.12 Å². The van der Waals surface area contributed by atoms with Crippen LogP contribution in [0.2, 0.25) is 0 Å². The first-order valence-corrected chi connectivity index (χ1v) is 9.69. The van der Waals surface area contributed by atoms with Crippen molar-refractivity contribution in [2.45, 2.75) is 70.9 Å². The van der Waals surface area contributed by atoms with E-state index in [9.17, 15) is 5.11 Å². The van der Waals surface area contributed by atoms with E-state index in [0.717, 1.165) is 43.7 Å². The van der Waals surface area contributed by atoms with Crippen molar-refractivity contribution in [1.29, 1.82) is 0 Å². The number of aliphatic hydroxyl groups excluding tert-OH is 1. The molecule has 0 aromatic heterocycles. The molecule has 1 aromatic rings. The topological polar surface area (TPSA) is 51.2 Å². The van der Waals surface area contributed by atoms with E-state index in [1.807, 2.05) is 31.2 Å². The SMILES string of the molecule is CC(O)CN1CCC(Oc2ccc(B3OC(C)(C)C(C)(C)O3)cc2)CC1. The summed E-state index contributed by atoms with van der Waals surface area (Å²) < 4.78 is 18.3. The number of aliphatic hydroxyl groups is 1. The summed E-state index contributed by atoms with van der Waals surface area (Å²) >= 11 is 0. The third-order valence-electron chi connectivity index (χ3n) is 5.77. The van der Waals surface area contributed by atoms with Crippen LogP contribution in [0, 0.1) is 0 Å². The zero-order valence-electron chi connectivity index (χ0n) is 16.7. The Hall–Kier alpha value is -1.08. The van der Waals surface area contributed by atoms with Crippen molar-refractivity contribution in [3.63, 3.8) is 0 Å². The summed E-state index contributed by atoms with van der Waals surface area (Å²) in [6, 6.07) is 8.06. The van der Waals surface area contributed by atoms with Crippen molar-refractivity contribution in [3.8, 4) is 5.75 Å². The maximum Gasteiger partial charge on any atom is 0.494 e. The summed E-state index contributed by atoms with van der Waals surface area (Å²) in [4.78, 5) is 2.30. The van der Waals surface area contributed by atoms with E-state index >= 15 is 0 Å². The summed E-state index contributed by atoms with van der Waals surface area (Å²) in [5.41, 5.74) is 0.363. The Morgan fingerprint density at radius 2 is 1.65 bits per heavy atom. The maximum absolute atomic E-state index is 9.49. The van der Waals surface area contributed by atoms with Crippen molar-refractivity contribution < 1.29 is 19.2 Å². The summed E-state index contributed by atoms with van der Waals surface area (Å²) in [5, 5.41) is 9.49. The van der Waals surface area contributed by atoms with E-state index in [0.29, 0.717) is 0 Å². The van der Waals surface area contributed by atoms with Gasteiger partial charge < -0.3 is 24.1 Å². The Kier molecular flexibility index (Phi) is 5.68. The van der Waals surface area contributed by atoms with E-state index < -0.39 is 0 Å². The number of ether oxygens (including phenoxy) is 1. The second kappa shape index (κ2) is 7.51. The van der Waals surface area contributed by atoms with E-state index in [1.165, 1.54) is 0 Å². The minimum absolute atomic E-state index is 0.239. The molecule has 3 rings (SSSR count). The van der Waals surface area contributed by atoms with Crippen LogP contribution in [0.25, 0.3) is 0 Å². The Labute approximate surface area is 157 Å². The zero-order chi connectivity index (χ0) is 18.9. The molecule has 0 saturated carbocycles. The average molecular weight is 361 g/mol. The Bertz CT molecular complexity index is 578. The average Bonchev–Trinajstić information content (AvgIpc) is 2.77. The lowest BCUT2D eigenvalue weighted by molar-refractivity contribution is 0.00578. The molecule has 0 radical (unpaired) electrons. The molecule has 1 unspecified atom stereocenters. The van der Waals surface area contributed by atoms with Crippen molar-refractivity contribution in [1.82, 2.24) is 4.90 Å². The molecule has 2 fully saturated rings. The molecule has 2 saturated heterocycles. The lowest BCUT2D eigenvalue weighted by Gasteiger charge is -2.32. The van der Waals surface area contributed by atoms with Gasteiger partial charge in [-0.15, -0.1) is 0 Å². The third kappa shape index (κ3) is 4.42. The zero-order valence-corrected chi connectivity index (χ0v) is 16.7. The van der Waals surface area contributed by atoms with E-state index in [2.05, 4.69) is 32.6 Å². The number of piperidine rings is 1. The highest BCUT2D eigenvalue weighted by atomic mass is 16.7. The predicted molar refractivity (Wildman–Crippen MR) is 104 cm³/mol. The van der Waals surface area contributed by atoms with E-state index in [-0.39, 0.29) is 30.5 Å². The van der Waals surface area contributed by atoms with Crippen LogP contribution in [-0.2, 0) is 9.31 Å². The van der Waals surface area contributed by atoms with Crippen molar-refractivity contribution in [2.24, 2.45) is 0 Å². The van der Waals surface area contributed by atoms with Gasteiger partial charge in [0.2, 0.25) is 0 Å². The highest BCUT2D eigenvalue weighted by Gasteiger charge is 2.51. The van der Waals surface area contributed by atoms with Gasteiger partial charge in [0, 0.05) is 19.6 Å². The normalized spacial score (nSPS) is 24.6. The smallest absolute Gasteiger partial charge is 0.490 e. The third-order valence-corrected chi connectivity index (χ3v) is 5.77. The Balaban J connectivity index is 1.53. The molecule has 144 valence electrons. The highest BCUT2D eigenvalue weighted by molar-refractivity contribution is 6.62. The standard InChI is InChI=1S/C20H32BNO4/c1-15(23)14-22-12-10-18(11-13-22)24-17-8-6-16(7-9-17)21-25-19(2,3)20(4,5)26-21/h6-9,15,18,23H,10-14H2,1-5H3. The van der Waals surface area contributed by atoms with Gasteiger partial charge in [0.25, 0.3) is 0 Å². The number of rotatable bonds is 5. The van der Waals surface area contributed by atoms with Crippen LogP contribution in [0.1, 0.15) is 47.5 Å². The number of hydrogen-bond donors (Lipinski definition) is 1. The van der Waals surface area contributed by atoms with Gasteiger partial charge in [-0.25, -0.2) is 0 Å². The Morgan fingerprint density at radius 3 is 2.15 bits per heavy atom. The fourth-order valence-electron chi connectivity index (χ4n) is 3.46. The molecule has 0 aliphatic carbocycles. The summed E-state index contributed by atoms with van der Waals surface area (Å²) in [5.74, 6) is 0.888. The van der Waals surface area contributed by atoms with Crippen molar-refractivity contribution >= 4 is 12.6 Å². The van der Waals surface area contributed by atoms with Gasteiger partial charge in [0.05, 0.1) is 17.3 Å². The number of benzene rings is 1. The maximum atomic E-state index is 9.49. The molecular formula is C20H32BNO4. The highest BCUT2D eigenvalue weighted by Crippen LogP contribution is 2.36. The van der Waals surface area contributed by atoms with Crippen LogP contribution < -0.4 is 10.2 Å². The van der Waals surface area contributed by atoms with Gasteiger partial charge in [-0.3, -0.25) is 0 Å². The Morgan fingerprint density at radius 1 is 1.12 bits per heavy atom. The number of nitrogens with zero attached hydrogens (tertiary/aromatic N) is 1. The molecule has 1 aromatic carbocycles. The molecule has 2 aliphatic heterocycles. The first kappa shape index (κ1) is 19.7. The molecule has 1 N–H and O–H groups in total. The van der Waals surface area contributed by atoms with Gasteiger partial charge in [0.1, 0.15) is 11.9 Å². The lowest BCUT2D eigenvalue weighted by Crippen LogP contribution is -2.41. The number of hydrogen-bond acceptors (Lipinski definition) is 5. The minimum Gasteiger partial charge on any atom is -0.490 e. The summed E-state index contributed by atoms with van der Waals surface area (Å²) in [6.07, 6.45) is 1.95. The van der Waals surface area contributed by atoms with Crippen LogP contribution in [0.15, 0.2) is 24.3 Å². The van der Waals surface area contributed by atoms with Gasteiger partial charge in [-0.1, -0.05) is 12.1 Å². The van der Waals surface area contributed by atoms with E-state index in [1.54, 1.807) is 0 Å². The van der Waals surface area contributed by atoms with Crippen LogP contribution in [-0.4, -0.2) is 60.2 Å². The molecule has 2 aliphatic rings. The molecule has 0 amide bonds. The lowest BCUT2D eigenvalue weighted by atomic mass is 9.79. The molecule has 26 heavy (non-hydrogen) atoms. The molecule has 5 nitrogen and oxygen atoms in total. The quantitative estimate of drug-likeness (QED) is 0.815. The van der Waals surface area contributed by atoms with Crippen molar-refractivity contribution in [3.05, 3.63) is 24.3 Å².